The van der Waals surface area contributed by atoms with E-state index in [9.17, 15) is 53.1 Å². The lowest BCUT2D eigenvalue weighted by Crippen LogP contribution is -2.60. The van der Waals surface area contributed by atoms with Crippen molar-refractivity contribution in [3.05, 3.63) is 0 Å². The summed E-state index contributed by atoms with van der Waals surface area (Å²) < 4.78 is 0. The van der Waals surface area contributed by atoms with Crippen molar-refractivity contribution >= 4 is 92.6 Å². The fourth-order valence-electron chi connectivity index (χ4n) is 6.37. The predicted octanol–water partition coefficient (Wildman–Crippen LogP) is -5.96. The van der Waals surface area contributed by atoms with E-state index in [1.807, 2.05) is 0 Å². The number of aliphatic imine (C=N–C) groups is 2. The standard InChI is InChI=1S/C39H68N16O11S2/c1-5-19(2)29-36(64)48-15-27(56)47-16-28(57)51-25(34(62)50-21(4)37(65)66)17-67-68-18-26(54-31(59)22-9-6-12-44-22)35(63)53-23(10-7-13-45-38(40)41)32(60)49-20(3)30(58)52-24(33(61)55-29)11-8-14-46-39(42)43/h19-26,29,44H,5-18H2,1-4H3,(H,47,56)(H,48,64)(H,49,60)(H,50,62)(H,51,57)(H,52,58)(H,53,63)(H,54,59)(H,55,61)(H,65,66)(H4,40,41,45)(H4,42,43,46)/t19-,20-,21-,22-,23-,24-,25-,26-,29-/m0/s1. The molecule has 382 valence electrons. The number of nitrogens with one attached hydrogen (secondary N) is 10. The highest BCUT2D eigenvalue weighted by molar-refractivity contribution is 8.76. The summed E-state index contributed by atoms with van der Waals surface area (Å²) in [7, 11) is 2.00. The minimum atomic E-state index is -1.37. The van der Waals surface area contributed by atoms with Crippen LogP contribution in [0.4, 0.5) is 0 Å². The smallest absolute Gasteiger partial charge is 0.325 e. The van der Waals surface area contributed by atoms with Gasteiger partial charge in [-0.05, 0) is 64.8 Å². The van der Waals surface area contributed by atoms with E-state index in [1.54, 1.807) is 13.8 Å². The van der Waals surface area contributed by atoms with Crippen molar-refractivity contribution in [3.8, 4) is 0 Å². The Morgan fingerprint density at radius 1 is 0.721 bits per heavy atom. The summed E-state index contributed by atoms with van der Waals surface area (Å²) in [6.45, 7) is 5.41. The molecule has 0 bridgehead atoms. The van der Waals surface area contributed by atoms with Crippen LogP contribution in [-0.4, -0.2) is 169 Å². The van der Waals surface area contributed by atoms with Gasteiger partial charge in [0.25, 0.3) is 0 Å². The van der Waals surface area contributed by atoms with Crippen LogP contribution in [0, 0.1) is 5.92 Å². The number of hydrogen-bond donors (Lipinski definition) is 15. The largest absolute Gasteiger partial charge is 0.480 e. The highest BCUT2D eigenvalue weighted by atomic mass is 33.1. The van der Waals surface area contributed by atoms with Crippen LogP contribution < -0.4 is 76.1 Å². The molecule has 0 aliphatic carbocycles. The number of nitrogens with zero attached hydrogens (tertiary/aromatic N) is 2. The molecule has 2 saturated heterocycles. The Bertz CT molecular complexity index is 1850. The van der Waals surface area contributed by atoms with Gasteiger partial charge in [0.05, 0.1) is 19.1 Å². The third kappa shape index (κ3) is 21.7. The summed E-state index contributed by atoms with van der Waals surface area (Å²) in [5.41, 5.74) is 21.9. The molecule has 2 heterocycles. The highest BCUT2D eigenvalue weighted by Crippen LogP contribution is 2.24. The second-order valence-electron chi connectivity index (χ2n) is 16.1. The summed E-state index contributed by atoms with van der Waals surface area (Å²) in [4.78, 5) is 141. The quantitative estimate of drug-likeness (QED) is 0.0314. The van der Waals surface area contributed by atoms with Crippen LogP contribution in [0.15, 0.2) is 9.98 Å². The first-order valence-electron chi connectivity index (χ1n) is 22.1. The molecule has 9 atom stereocenters. The fraction of sp³-hybridized carbons (Fsp3) is 0.692. The molecule has 27 nitrogen and oxygen atoms in total. The van der Waals surface area contributed by atoms with Crippen LogP contribution in [0.1, 0.15) is 72.6 Å². The minimum absolute atomic E-state index is 0.0291. The van der Waals surface area contributed by atoms with Gasteiger partial charge in [-0.3, -0.25) is 57.9 Å². The van der Waals surface area contributed by atoms with Crippen molar-refractivity contribution in [2.75, 3.05) is 44.2 Å². The molecule has 68 heavy (non-hydrogen) atoms. The molecular formula is C39H68N16O11S2. The summed E-state index contributed by atoms with van der Waals surface area (Å²) >= 11 is 0. The van der Waals surface area contributed by atoms with Crippen molar-refractivity contribution < 1.29 is 53.1 Å². The van der Waals surface area contributed by atoms with E-state index in [2.05, 4.69) is 63.2 Å². The molecule has 19 N–H and O–H groups in total. The van der Waals surface area contributed by atoms with Gasteiger partial charge < -0.3 is 81.2 Å². The van der Waals surface area contributed by atoms with Crippen molar-refractivity contribution in [1.82, 2.24) is 53.2 Å². The Labute approximate surface area is 401 Å². The highest BCUT2D eigenvalue weighted by Gasteiger charge is 2.34. The Morgan fingerprint density at radius 2 is 1.29 bits per heavy atom. The molecule has 0 radical (unpaired) electrons. The topological polar surface area (TPSA) is 440 Å². The maximum Gasteiger partial charge on any atom is 0.325 e. The zero-order chi connectivity index (χ0) is 50.9. The Kier molecular flexibility index (Phi) is 25.9. The molecule has 2 fully saturated rings. The van der Waals surface area contributed by atoms with Gasteiger partial charge in [-0.25, -0.2) is 0 Å². The average molecular weight is 1000 g/mol. The maximum absolute atomic E-state index is 14.1. The van der Waals surface area contributed by atoms with Crippen LogP contribution in [0.3, 0.4) is 0 Å². The van der Waals surface area contributed by atoms with Crippen molar-refractivity contribution in [3.63, 3.8) is 0 Å². The van der Waals surface area contributed by atoms with E-state index in [4.69, 9.17) is 22.9 Å². The van der Waals surface area contributed by atoms with Crippen molar-refractivity contribution in [2.45, 2.75) is 121 Å². The molecule has 0 aromatic rings. The first-order chi connectivity index (χ1) is 32.1. The van der Waals surface area contributed by atoms with Crippen LogP contribution in [0.5, 0.6) is 0 Å². The third-order valence-corrected chi connectivity index (χ3v) is 12.9. The minimum Gasteiger partial charge on any atom is -0.480 e. The van der Waals surface area contributed by atoms with Gasteiger partial charge in [0, 0.05) is 24.6 Å². The van der Waals surface area contributed by atoms with E-state index >= 15 is 0 Å². The van der Waals surface area contributed by atoms with E-state index < -0.39 is 126 Å². The second kappa shape index (κ2) is 30.3. The van der Waals surface area contributed by atoms with Crippen LogP contribution >= 0.6 is 21.6 Å². The SMILES string of the molecule is CC[C@H](C)[C@@H]1NC(=O)[C@H](CCCN=C(N)N)NC(=O)[C@H](C)NC(=O)[C@H](CCCN=C(N)N)NC(=O)[C@@H](NC(=O)[C@@H]2CCCN2)CSSC[C@@H](C(=O)N[C@@H](C)C(=O)O)NC(=O)CNC(=O)CNC1=O. The Balaban J connectivity index is 2.57. The lowest BCUT2D eigenvalue weighted by molar-refractivity contribution is -0.141. The van der Waals surface area contributed by atoms with Crippen LogP contribution in [0.25, 0.3) is 0 Å². The van der Waals surface area contributed by atoms with Crippen LogP contribution in [0.2, 0.25) is 0 Å². The molecule has 2 rings (SSSR count). The summed E-state index contributed by atoms with van der Waals surface area (Å²) in [5, 5.41) is 35.1. The zero-order valence-corrected chi connectivity index (χ0v) is 40.3. The third-order valence-electron chi connectivity index (χ3n) is 10.5. The predicted molar refractivity (Wildman–Crippen MR) is 254 cm³/mol. The first kappa shape index (κ1) is 58.0. The number of guanidine groups is 2. The molecule has 0 aromatic carbocycles. The molecule has 0 aromatic heterocycles. The number of aliphatic carboxylic acids is 1. The molecule has 0 spiro atoms. The molecule has 2 aliphatic rings. The van der Waals surface area contributed by atoms with Gasteiger partial charge in [0.1, 0.15) is 42.3 Å². The van der Waals surface area contributed by atoms with E-state index in [-0.39, 0.29) is 62.2 Å². The van der Waals surface area contributed by atoms with E-state index in [0.717, 1.165) is 21.6 Å². The number of carboxylic acids is 1. The van der Waals surface area contributed by atoms with E-state index in [1.165, 1.54) is 13.8 Å². The van der Waals surface area contributed by atoms with Gasteiger partial charge in [0.15, 0.2) is 11.9 Å². The normalized spacial score (nSPS) is 25.2. The molecule has 9 amide bonds. The number of nitrogens with two attached hydrogens (primary N) is 4. The van der Waals surface area contributed by atoms with Gasteiger partial charge in [-0.15, -0.1) is 0 Å². The summed E-state index contributed by atoms with van der Waals surface area (Å²) in [6.07, 6.45) is 1.88. The van der Waals surface area contributed by atoms with Gasteiger partial charge >= 0.3 is 5.97 Å². The second-order valence-corrected chi connectivity index (χ2v) is 18.6. The number of hydrogen-bond acceptors (Lipinski definition) is 15. The average Bonchev–Trinajstić information content (AvgIpc) is 3.83. The van der Waals surface area contributed by atoms with Crippen LogP contribution in [-0.2, 0) is 47.9 Å². The number of rotatable bonds is 15. The first-order valence-corrected chi connectivity index (χ1v) is 24.6. The number of carbonyl (C=O) groups is 10. The number of carboxylic acid groups (broad SMARTS) is 1. The fourth-order valence-corrected chi connectivity index (χ4v) is 8.70. The lowest BCUT2D eigenvalue weighted by atomic mass is 9.97. The van der Waals surface area contributed by atoms with Crippen molar-refractivity contribution in [1.29, 1.82) is 0 Å². The lowest BCUT2D eigenvalue weighted by Gasteiger charge is -2.28. The Hall–Kier alpha value is -6.10. The maximum atomic E-state index is 14.1. The monoisotopic (exact) mass is 1000 g/mol. The van der Waals surface area contributed by atoms with Gasteiger partial charge in [-0.1, -0.05) is 41.9 Å². The zero-order valence-electron chi connectivity index (χ0n) is 38.6. The van der Waals surface area contributed by atoms with Crippen molar-refractivity contribution in [2.24, 2.45) is 38.8 Å². The van der Waals surface area contributed by atoms with Gasteiger partial charge in [-0.2, -0.15) is 0 Å². The molecule has 29 heteroatoms. The van der Waals surface area contributed by atoms with E-state index in [0.29, 0.717) is 25.8 Å². The Morgan fingerprint density at radius 3 is 1.85 bits per heavy atom. The molecule has 0 saturated carbocycles. The van der Waals surface area contributed by atoms with Gasteiger partial charge in [0.2, 0.25) is 53.2 Å². The molecule has 2 aliphatic heterocycles. The summed E-state index contributed by atoms with van der Waals surface area (Å²) in [5.74, 6) is -9.62. The molecule has 0 unspecified atom stereocenters. The molecular weight excluding hydrogens is 933 g/mol. The number of amides is 9. The summed E-state index contributed by atoms with van der Waals surface area (Å²) in [6, 6.07) is -9.74. The number of carbonyl (C=O) groups excluding carboxylic acids is 9.